The first-order chi connectivity index (χ1) is 11.0. The van der Waals surface area contributed by atoms with Crippen LogP contribution in [0, 0.1) is 5.82 Å². The maximum Gasteiger partial charge on any atom is 0.335 e. The van der Waals surface area contributed by atoms with Crippen molar-refractivity contribution in [2.24, 2.45) is 7.05 Å². The highest BCUT2D eigenvalue weighted by Crippen LogP contribution is 2.22. The molecule has 1 aromatic heterocycles. The van der Waals surface area contributed by atoms with E-state index in [1.807, 2.05) is 0 Å². The molecular formula is C16H12FN3O3. The zero-order valence-corrected chi connectivity index (χ0v) is 12.1. The highest BCUT2D eigenvalue weighted by atomic mass is 19.1. The zero-order valence-electron chi connectivity index (χ0n) is 12.1. The summed E-state index contributed by atoms with van der Waals surface area (Å²) < 4.78 is 14.7. The van der Waals surface area contributed by atoms with Crippen LogP contribution < -0.4 is 10.2 Å². The smallest absolute Gasteiger partial charge is 0.335 e. The molecule has 2 aromatic rings. The first kappa shape index (κ1) is 14.7. The van der Waals surface area contributed by atoms with Crippen LogP contribution in [0.15, 0.2) is 48.2 Å². The average Bonchev–Trinajstić information content (AvgIpc) is 2.90. The summed E-state index contributed by atoms with van der Waals surface area (Å²) in [6, 6.07) is 7.48. The Morgan fingerprint density at radius 2 is 1.78 bits per heavy atom. The number of halogens is 1. The van der Waals surface area contributed by atoms with E-state index in [0.29, 0.717) is 5.69 Å². The van der Waals surface area contributed by atoms with Crippen molar-refractivity contribution >= 4 is 29.6 Å². The van der Waals surface area contributed by atoms with Crippen molar-refractivity contribution in [1.29, 1.82) is 0 Å². The van der Waals surface area contributed by atoms with E-state index in [4.69, 9.17) is 0 Å². The van der Waals surface area contributed by atoms with E-state index >= 15 is 0 Å². The van der Waals surface area contributed by atoms with Crippen molar-refractivity contribution in [3.63, 3.8) is 0 Å². The fraction of sp³-hybridized carbons (Fsp3) is 0.0625. The number of nitrogens with zero attached hydrogens (tertiary/aromatic N) is 2. The topological polar surface area (TPSA) is 71.4 Å². The molecule has 1 fully saturated rings. The lowest BCUT2D eigenvalue weighted by Gasteiger charge is -2.26. The third-order valence-corrected chi connectivity index (χ3v) is 3.46. The number of hydrogen-bond donors (Lipinski definition) is 1. The van der Waals surface area contributed by atoms with Gasteiger partial charge in [-0.15, -0.1) is 0 Å². The fourth-order valence-electron chi connectivity index (χ4n) is 2.25. The molecule has 6 nitrogen and oxygen atoms in total. The van der Waals surface area contributed by atoms with Gasteiger partial charge < -0.3 is 4.57 Å². The molecule has 116 valence electrons. The summed E-state index contributed by atoms with van der Waals surface area (Å²) in [6.45, 7) is 0. The largest absolute Gasteiger partial charge is 0.351 e. The number of rotatable bonds is 2. The number of nitrogens with one attached hydrogen (secondary N) is 1. The minimum Gasteiger partial charge on any atom is -0.351 e. The van der Waals surface area contributed by atoms with Gasteiger partial charge in [-0.2, -0.15) is 0 Å². The van der Waals surface area contributed by atoms with E-state index < -0.39 is 23.7 Å². The highest BCUT2D eigenvalue weighted by Gasteiger charge is 2.36. The minimum atomic E-state index is -0.865. The van der Waals surface area contributed by atoms with Gasteiger partial charge in [0.15, 0.2) is 0 Å². The number of urea groups is 1. The molecule has 0 aliphatic carbocycles. The van der Waals surface area contributed by atoms with Crippen LogP contribution in [0.4, 0.5) is 14.9 Å². The maximum atomic E-state index is 13.0. The highest BCUT2D eigenvalue weighted by molar-refractivity contribution is 6.39. The van der Waals surface area contributed by atoms with Gasteiger partial charge >= 0.3 is 6.03 Å². The molecule has 3 rings (SSSR count). The van der Waals surface area contributed by atoms with Crippen molar-refractivity contribution in [3.8, 4) is 0 Å². The molecule has 1 saturated heterocycles. The van der Waals surface area contributed by atoms with Gasteiger partial charge in [-0.05, 0) is 42.5 Å². The number of aryl methyl sites for hydroxylation is 1. The van der Waals surface area contributed by atoms with Crippen LogP contribution in [0.3, 0.4) is 0 Å². The third kappa shape index (κ3) is 2.64. The van der Waals surface area contributed by atoms with E-state index in [2.05, 4.69) is 5.32 Å². The maximum absolute atomic E-state index is 13.0. The number of barbiturate groups is 1. The van der Waals surface area contributed by atoms with Gasteiger partial charge in [0.1, 0.15) is 11.4 Å². The number of benzene rings is 1. The molecule has 0 unspecified atom stereocenters. The Kier molecular flexibility index (Phi) is 3.53. The molecule has 1 aliphatic heterocycles. The summed E-state index contributed by atoms with van der Waals surface area (Å²) in [5.41, 5.74) is 0.645. The lowest BCUT2D eigenvalue weighted by Crippen LogP contribution is -2.54. The quantitative estimate of drug-likeness (QED) is 0.679. The number of carbonyl (C=O) groups is 3. The molecule has 4 amide bonds. The second kappa shape index (κ2) is 5.53. The number of hydrogen-bond acceptors (Lipinski definition) is 3. The standard InChI is InChI=1S/C16H12FN3O3/c1-19-8-2-3-12(19)9-13-14(21)18-16(23)20(15(13)22)11-6-4-10(17)5-7-11/h2-9H,1H3,(H,18,21,23)/b13-9-. The normalized spacial score (nSPS) is 16.9. The number of carbonyl (C=O) groups excluding carboxylic acids is 3. The Balaban J connectivity index is 2.02. The second-order valence-electron chi connectivity index (χ2n) is 4.98. The van der Waals surface area contributed by atoms with Gasteiger partial charge in [0.05, 0.1) is 5.69 Å². The van der Waals surface area contributed by atoms with Gasteiger partial charge in [-0.25, -0.2) is 14.1 Å². The van der Waals surface area contributed by atoms with Crippen molar-refractivity contribution in [2.75, 3.05) is 4.90 Å². The molecule has 0 bridgehead atoms. The predicted molar refractivity (Wildman–Crippen MR) is 80.8 cm³/mol. The molecule has 7 heteroatoms. The Labute approximate surface area is 130 Å². The minimum absolute atomic E-state index is 0.171. The SMILES string of the molecule is Cn1cccc1/C=C1/C(=O)NC(=O)N(c2ccc(F)cc2)C1=O. The van der Waals surface area contributed by atoms with E-state index in [1.54, 1.807) is 29.9 Å². The monoisotopic (exact) mass is 313 g/mol. The summed E-state index contributed by atoms with van der Waals surface area (Å²) in [4.78, 5) is 37.3. The first-order valence-electron chi connectivity index (χ1n) is 6.76. The average molecular weight is 313 g/mol. The van der Waals surface area contributed by atoms with Gasteiger partial charge in [-0.3, -0.25) is 14.9 Å². The predicted octanol–water partition coefficient (Wildman–Crippen LogP) is 1.83. The first-order valence-corrected chi connectivity index (χ1v) is 6.76. The molecule has 23 heavy (non-hydrogen) atoms. The number of anilines is 1. The summed E-state index contributed by atoms with van der Waals surface area (Å²) in [5.74, 6) is -2.01. The second-order valence-corrected chi connectivity index (χ2v) is 4.98. The zero-order chi connectivity index (χ0) is 16.6. The van der Waals surface area contributed by atoms with Crippen molar-refractivity contribution in [3.05, 3.63) is 59.7 Å². The third-order valence-electron chi connectivity index (χ3n) is 3.46. The van der Waals surface area contributed by atoms with E-state index in [9.17, 15) is 18.8 Å². The lowest BCUT2D eigenvalue weighted by atomic mass is 10.1. The molecular weight excluding hydrogens is 301 g/mol. The van der Waals surface area contributed by atoms with Gasteiger partial charge in [0.25, 0.3) is 11.8 Å². The molecule has 1 aliphatic rings. The van der Waals surface area contributed by atoms with Crippen LogP contribution in [0.25, 0.3) is 6.08 Å². The fourth-order valence-corrected chi connectivity index (χ4v) is 2.25. The molecule has 0 spiro atoms. The summed E-state index contributed by atoms with van der Waals surface area (Å²) in [7, 11) is 1.76. The number of imide groups is 2. The Hall–Kier alpha value is -3.22. The Morgan fingerprint density at radius 1 is 1.09 bits per heavy atom. The Bertz CT molecular complexity index is 837. The summed E-state index contributed by atoms with van der Waals surface area (Å²) >= 11 is 0. The summed E-state index contributed by atoms with van der Waals surface area (Å²) in [5, 5.41) is 2.11. The summed E-state index contributed by atoms with van der Waals surface area (Å²) in [6.07, 6.45) is 3.17. The van der Waals surface area contributed by atoms with Crippen LogP contribution in [-0.4, -0.2) is 22.4 Å². The van der Waals surface area contributed by atoms with Crippen LogP contribution >= 0.6 is 0 Å². The van der Waals surface area contributed by atoms with Crippen molar-refractivity contribution < 1.29 is 18.8 Å². The van der Waals surface area contributed by atoms with E-state index in [-0.39, 0.29) is 11.3 Å². The van der Waals surface area contributed by atoms with Gasteiger partial charge in [0, 0.05) is 18.9 Å². The van der Waals surface area contributed by atoms with Crippen molar-refractivity contribution in [2.45, 2.75) is 0 Å². The van der Waals surface area contributed by atoms with Crippen LogP contribution in [-0.2, 0) is 16.6 Å². The molecule has 0 saturated carbocycles. The van der Waals surface area contributed by atoms with Crippen molar-refractivity contribution in [1.82, 2.24) is 9.88 Å². The van der Waals surface area contributed by atoms with Gasteiger partial charge in [-0.1, -0.05) is 0 Å². The van der Waals surface area contributed by atoms with Crippen LogP contribution in [0.2, 0.25) is 0 Å². The molecule has 0 atom stereocenters. The molecule has 1 N–H and O–H groups in total. The number of amides is 4. The van der Waals surface area contributed by atoms with Gasteiger partial charge in [0.2, 0.25) is 0 Å². The van der Waals surface area contributed by atoms with E-state index in [1.165, 1.54) is 18.2 Å². The lowest BCUT2D eigenvalue weighted by molar-refractivity contribution is -0.122. The van der Waals surface area contributed by atoms with Crippen LogP contribution in [0.1, 0.15) is 5.69 Å². The molecule has 1 aromatic carbocycles. The molecule has 0 radical (unpaired) electrons. The Morgan fingerprint density at radius 3 is 2.39 bits per heavy atom. The van der Waals surface area contributed by atoms with Crippen LogP contribution in [0.5, 0.6) is 0 Å². The number of aromatic nitrogens is 1. The van der Waals surface area contributed by atoms with E-state index in [0.717, 1.165) is 17.0 Å². The molecule has 2 heterocycles.